The molecule has 19 heavy (non-hydrogen) atoms. The van der Waals surface area contributed by atoms with Crippen molar-refractivity contribution in [2.24, 2.45) is 5.92 Å². The van der Waals surface area contributed by atoms with Gasteiger partial charge in [0.05, 0.1) is 12.6 Å². The zero-order valence-electron chi connectivity index (χ0n) is 11.1. The number of hydrogen-bond donors (Lipinski definition) is 2. The monoisotopic (exact) mass is 280 g/mol. The fraction of sp³-hybridized carbons (Fsp3) is 0.571. The summed E-state index contributed by atoms with van der Waals surface area (Å²) in [6.07, 6.45) is 4.16. The number of thiophene rings is 1. The molecule has 1 heterocycles. The van der Waals surface area contributed by atoms with E-state index in [1.807, 2.05) is 24.4 Å². The molecule has 0 saturated heterocycles. The Morgan fingerprint density at radius 1 is 1.42 bits per heavy atom. The second-order valence-electron chi connectivity index (χ2n) is 5.00. The third-order valence-electron chi connectivity index (χ3n) is 3.50. The average molecular weight is 280 g/mol. The Labute approximate surface area is 117 Å². The van der Waals surface area contributed by atoms with Crippen molar-refractivity contribution in [3.63, 3.8) is 0 Å². The van der Waals surface area contributed by atoms with E-state index in [9.17, 15) is 9.59 Å². The fourth-order valence-electron chi connectivity index (χ4n) is 2.40. The van der Waals surface area contributed by atoms with Crippen LogP contribution in [0.3, 0.4) is 0 Å². The molecular weight excluding hydrogens is 260 g/mol. The van der Waals surface area contributed by atoms with Gasteiger partial charge in [0.1, 0.15) is 0 Å². The summed E-state index contributed by atoms with van der Waals surface area (Å²) in [5.41, 5.74) is 0. The minimum Gasteiger partial charge on any atom is -0.347 e. The van der Waals surface area contributed by atoms with Gasteiger partial charge in [-0.25, -0.2) is 0 Å². The second kappa shape index (κ2) is 6.70. The van der Waals surface area contributed by atoms with Crippen molar-refractivity contribution in [3.05, 3.63) is 22.4 Å². The predicted molar refractivity (Wildman–Crippen MR) is 75.8 cm³/mol. The van der Waals surface area contributed by atoms with Crippen LogP contribution in [0.1, 0.15) is 43.5 Å². The van der Waals surface area contributed by atoms with E-state index in [-0.39, 0.29) is 30.3 Å². The Morgan fingerprint density at radius 3 is 2.79 bits per heavy atom. The molecule has 0 aliphatic heterocycles. The number of rotatable bonds is 5. The van der Waals surface area contributed by atoms with Gasteiger partial charge in [-0.2, -0.15) is 0 Å². The van der Waals surface area contributed by atoms with Gasteiger partial charge in [-0.15, -0.1) is 11.3 Å². The van der Waals surface area contributed by atoms with E-state index < -0.39 is 0 Å². The summed E-state index contributed by atoms with van der Waals surface area (Å²) in [7, 11) is 0. The molecule has 2 amide bonds. The zero-order chi connectivity index (χ0) is 13.7. The first-order chi connectivity index (χ1) is 9.16. The number of nitrogens with one attached hydrogen (secondary N) is 2. The molecule has 1 atom stereocenters. The molecule has 0 bridgehead atoms. The first-order valence-electron chi connectivity index (χ1n) is 6.77. The van der Waals surface area contributed by atoms with Gasteiger partial charge in [0.15, 0.2) is 0 Å². The van der Waals surface area contributed by atoms with Gasteiger partial charge in [-0.05, 0) is 31.2 Å². The lowest BCUT2D eigenvalue weighted by molar-refractivity contribution is -0.128. The molecule has 2 rings (SSSR count). The fourth-order valence-corrected chi connectivity index (χ4v) is 3.14. The molecule has 104 valence electrons. The first-order valence-corrected chi connectivity index (χ1v) is 7.65. The minimum atomic E-state index is -0.132. The Morgan fingerprint density at radius 2 is 2.16 bits per heavy atom. The van der Waals surface area contributed by atoms with E-state index in [1.165, 1.54) is 0 Å². The van der Waals surface area contributed by atoms with Crippen LogP contribution >= 0.6 is 11.3 Å². The van der Waals surface area contributed by atoms with Gasteiger partial charge >= 0.3 is 0 Å². The van der Waals surface area contributed by atoms with Crippen molar-refractivity contribution in [2.45, 2.75) is 38.6 Å². The number of hydrogen-bond acceptors (Lipinski definition) is 3. The van der Waals surface area contributed by atoms with Crippen LogP contribution in [-0.2, 0) is 9.59 Å². The highest BCUT2D eigenvalue weighted by Gasteiger charge is 2.22. The number of amides is 2. The molecule has 0 unspecified atom stereocenters. The van der Waals surface area contributed by atoms with Gasteiger partial charge in [0, 0.05) is 10.8 Å². The normalized spacial score (nSPS) is 17.1. The van der Waals surface area contributed by atoms with Crippen molar-refractivity contribution >= 4 is 23.2 Å². The maximum atomic E-state index is 11.8. The van der Waals surface area contributed by atoms with E-state index >= 15 is 0 Å². The number of carbonyl (C=O) groups is 2. The van der Waals surface area contributed by atoms with Crippen LogP contribution in [0.15, 0.2) is 17.5 Å². The van der Waals surface area contributed by atoms with Gasteiger partial charge in [-0.1, -0.05) is 18.9 Å². The summed E-state index contributed by atoms with van der Waals surface area (Å²) in [4.78, 5) is 24.6. The molecule has 1 saturated carbocycles. The van der Waals surface area contributed by atoms with Crippen LogP contribution in [0.2, 0.25) is 0 Å². The van der Waals surface area contributed by atoms with Gasteiger partial charge in [0.2, 0.25) is 11.8 Å². The lowest BCUT2D eigenvalue weighted by Crippen LogP contribution is -2.39. The largest absolute Gasteiger partial charge is 0.347 e. The summed E-state index contributed by atoms with van der Waals surface area (Å²) in [5, 5.41) is 7.60. The standard InChI is InChI=1S/C14H20N2O2S/c1-10(12-7-4-8-19-12)16-13(17)9-15-14(18)11-5-2-3-6-11/h4,7-8,10-11H,2-3,5-6,9H2,1H3,(H,15,18)(H,16,17)/t10-/m1/s1. The van der Waals surface area contributed by atoms with E-state index in [4.69, 9.17) is 0 Å². The van der Waals surface area contributed by atoms with E-state index in [1.54, 1.807) is 11.3 Å². The molecule has 0 radical (unpaired) electrons. The molecule has 0 spiro atoms. The third kappa shape index (κ3) is 4.06. The Balaban J connectivity index is 1.71. The Bertz CT molecular complexity index is 425. The molecule has 2 N–H and O–H groups in total. The second-order valence-corrected chi connectivity index (χ2v) is 5.98. The first kappa shape index (κ1) is 14.1. The predicted octanol–water partition coefficient (Wildman–Crippen LogP) is 2.23. The van der Waals surface area contributed by atoms with E-state index in [2.05, 4.69) is 10.6 Å². The van der Waals surface area contributed by atoms with Gasteiger partial charge < -0.3 is 10.6 Å². The maximum Gasteiger partial charge on any atom is 0.239 e. The minimum absolute atomic E-state index is 0.00381. The third-order valence-corrected chi connectivity index (χ3v) is 4.55. The van der Waals surface area contributed by atoms with E-state index in [0.29, 0.717) is 0 Å². The summed E-state index contributed by atoms with van der Waals surface area (Å²) < 4.78 is 0. The summed E-state index contributed by atoms with van der Waals surface area (Å²) in [5.74, 6) is 0.00573. The molecule has 4 nitrogen and oxygen atoms in total. The van der Waals surface area contributed by atoms with Crippen LogP contribution in [0.5, 0.6) is 0 Å². The Kier molecular flexibility index (Phi) is 4.96. The van der Waals surface area contributed by atoms with Crippen molar-refractivity contribution in [1.29, 1.82) is 0 Å². The van der Waals surface area contributed by atoms with Crippen molar-refractivity contribution in [3.8, 4) is 0 Å². The smallest absolute Gasteiger partial charge is 0.239 e. The topological polar surface area (TPSA) is 58.2 Å². The van der Waals surface area contributed by atoms with Crippen LogP contribution in [-0.4, -0.2) is 18.4 Å². The maximum absolute atomic E-state index is 11.8. The molecule has 1 aromatic heterocycles. The molecule has 0 aromatic carbocycles. The van der Waals surface area contributed by atoms with Crippen LogP contribution in [0.4, 0.5) is 0 Å². The van der Waals surface area contributed by atoms with Gasteiger partial charge in [-0.3, -0.25) is 9.59 Å². The quantitative estimate of drug-likeness (QED) is 0.869. The molecule has 1 aliphatic rings. The van der Waals surface area contributed by atoms with Crippen LogP contribution in [0.25, 0.3) is 0 Å². The van der Waals surface area contributed by atoms with Crippen molar-refractivity contribution in [2.75, 3.05) is 6.54 Å². The zero-order valence-corrected chi connectivity index (χ0v) is 12.0. The molecule has 5 heteroatoms. The lowest BCUT2D eigenvalue weighted by atomic mass is 10.1. The molecule has 1 aromatic rings. The molecular formula is C14H20N2O2S. The van der Waals surface area contributed by atoms with Crippen LogP contribution < -0.4 is 10.6 Å². The van der Waals surface area contributed by atoms with Crippen LogP contribution in [0, 0.1) is 5.92 Å². The highest BCUT2D eigenvalue weighted by Crippen LogP contribution is 2.24. The highest BCUT2D eigenvalue weighted by atomic mass is 32.1. The van der Waals surface area contributed by atoms with Gasteiger partial charge in [0.25, 0.3) is 0 Å². The SMILES string of the molecule is C[C@@H](NC(=O)CNC(=O)C1CCCC1)c1cccs1. The summed E-state index contributed by atoms with van der Waals surface area (Å²) in [6, 6.07) is 3.95. The number of carbonyl (C=O) groups excluding carboxylic acids is 2. The molecule has 1 aliphatic carbocycles. The summed E-state index contributed by atoms with van der Waals surface area (Å²) >= 11 is 1.62. The highest BCUT2D eigenvalue weighted by molar-refractivity contribution is 7.10. The molecule has 1 fully saturated rings. The van der Waals surface area contributed by atoms with E-state index in [0.717, 1.165) is 30.6 Å². The summed E-state index contributed by atoms with van der Waals surface area (Å²) in [6.45, 7) is 2.02. The Hall–Kier alpha value is -1.36. The lowest BCUT2D eigenvalue weighted by Gasteiger charge is -2.14. The average Bonchev–Trinajstić information content (AvgIpc) is 3.07. The van der Waals surface area contributed by atoms with Crippen molar-refractivity contribution < 1.29 is 9.59 Å². The van der Waals surface area contributed by atoms with Crippen molar-refractivity contribution in [1.82, 2.24) is 10.6 Å².